The van der Waals surface area contributed by atoms with Gasteiger partial charge in [0.15, 0.2) is 0 Å². The molecule has 0 aliphatic carbocycles. The van der Waals surface area contributed by atoms with E-state index in [1.54, 1.807) is 6.08 Å². The predicted molar refractivity (Wildman–Crippen MR) is 114 cm³/mol. The quantitative estimate of drug-likeness (QED) is 0.647. The van der Waals surface area contributed by atoms with Gasteiger partial charge in [0, 0.05) is 12.6 Å². The number of fused-ring (bicyclic) bond motifs is 1. The van der Waals surface area contributed by atoms with E-state index < -0.39 is 10.0 Å². The van der Waals surface area contributed by atoms with Crippen LogP contribution >= 0.6 is 0 Å². The Morgan fingerprint density at radius 3 is 2.74 bits per heavy atom. The van der Waals surface area contributed by atoms with Crippen molar-refractivity contribution in [3.05, 3.63) is 60.2 Å². The second kappa shape index (κ2) is 10.9. The number of unbranched alkanes of at least 4 members (excludes halogenated alkanes) is 1. The van der Waals surface area contributed by atoms with E-state index in [2.05, 4.69) is 71.3 Å². The number of nitrogens with one attached hydrogen (secondary N) is 2. The van der Waals surface area contributed by atoms with Crippen LogP contribution in [0.2, 0.25) is 0 Å². The summed E-state index contributed by atoms with van der Waals surface area (Å²) in [6.45, 7) is 4.96. The third-order valence-electron chi connectivity index (χ3n) is 4.28. The molecule has 0 spiro atoms. The Morgan fingerprint density at radius 1 is 1.15 bits per heavy atom. The van der Waals surface area contributed by atoms with Gasteiger partial charge in [0.25, 0.3) is 0 Å². The first-order valence-electron chi connectivity index (χ1n) is 9.35. The summed E-state index contributed by atoms with van der Waals surface area (Å²) in [5.41, 5.74) is 1.27. The molecule has 0 heterocycles. The fourth-order valence-corrected chi connectivity index (χ4v) is 3.87. The van der Waals surface area contributed by atoms with Gasteiger partial charge in [-0.2, -0.15) is 0 Å². The van der Waals surface area contributed by atoms with Gasteiger partial charge in [0.2, 0.25) is 10.0 Å². The third-order valence-corrected chi connectivity index (χ3v) is 5.69. The lowest BCUT2D eigenvalue weighted by Crippen LogP contribution is -2.26. The van der Waals surface area contributed by atoms with Gasteiger partial charge in [0.05, 0.1) is 12.3 Å². The van der Waals surface area contributed by atoms with Crippen LogP contribution in [0.4, 0.5) is 0 Å². The van der Waals surface area contributed by atoms with Crippen LogP contribution in [0.5, 0.6) is 0 Å². The van der Waals surface area contributed by atoms with E-state index >= 15 is 0 Å². The van der Waals surface area contributed by atoms with Crippen LogP contribution in [0.3, 0.4) is 0 Å². The standard InChI is InChI=1S/C22H28N2O2S/c1-3-4-18-27(25,26)24-17-10-6-5-9-16-23-19(2)21-15-11-13-20-12-7-8-14-22(20)21/h5,7-9,11-15,19,23-24H,3-4,16-18H2,1-2H3/b9-5+/t19-/m1/s1. The molecule has 144 valence electrons. The van der Waals surface area contributed by atoms with E-state index in [1.807, 2.05) is 13.0 Å². The summed E-state index contributed by atoms with van der Waals surface area (Å²) in [5, 5.41) is 5.97. The molecule has 0 fully saturated rings. The normalized spacial score (nSPS) is 12.8. The van der Waals surface area contributed by atoms with E-state index in [-0.39, 0.29) is 18.3 Å². The van der Waals surface area contributed by atoms with Crippen LogP contribution < -0.4 is 10.0 Å². The van der Waals surface area contributed by atoms with E-state index in [0.29, 0.717) is 13.0 Å². The molecule has 27 heavy (non-hydrogen) atoms. The Bertz CT molecular complexity index is 919. The van der Waals surface area contributed by atoms with Gasteiger partial charge in [0.1, 0.15) is 0 Å². The SMILES string of the molecule is CCCCS(=O)(=O)NCC#C/C=C/CN[C@H](C)c1cccc2ccccc12. The highest BCUT2D eigenvalue weighted by Gasteiger charge is 2.07. The minimum absolute atomic E-state index is 0.149. The van der Waals surface area contributed by atoms with Crippen LogP contribution in [0.25, 0.3) is 10.8 Å². The molecule has 2 N–H and O–H groups in total. The molecule has 0 aliphatic heterocycles. The van der Waals surface area contributed by atoms with Gasteiger partial charge in [-0.05, 0) is 35.8 Å². The monoisotopic (exact) mass is 384 g/mol. The average Bonchev–Trinajstić information content (AvgIpc) is 2.67. The van der Waals surface area contributed by atoms with Gasteiger partial charge < -0.3 is 5.32 Å². The molecule has 0 radical (unpaired) electrons. The molecule has 0 unspecified atom stereocenters. The minimum Gasteiger partial charge on any atom is -0.307 e. The summed E-state index contributed by atoms with van der Waals surface area (Å²) >= 11 is 0. The number of hydrogen-bond donors (Lipinski definition) is 2. The first kappa shape index (κ1) is 21.2. The van der Waals surface area contributed by atoms with Crippen LogP contribution in [0.1, 0.15) is 38.3 Å². The molecule has 4 nitrogen and oxygen atoms in total. The predicted octanol–water partition coefficient (Wildman–Crippen LogP) is 3.77. The fraction of sp³-hybridized carbons (Fsp3) is 0.364. The van der Waals surface area contributed by atoms with Crippen molar-refractivity contribution in [1.29, 1.82) is 0 Å². The Morgan fingerprint density at radius 2 is 1.93 bits per heavy atom. The summed E-state index contributed by atoms with van der Waals surface area (Å²) in [4.78, 5) is 0. The molecule has 0 aromatic heterocycles. The summed E-state index contributed by atoms with van der Waals surface area (Å²) < 4.78 is 25.7. The largest absolute Gasteiger partial charge is 0.307 e. The Balaban J connectivity index is 1.78. The number of benzene rings is 2. The molecule has 0 saturated carbocycles. The Hall–Kier alpha value is -2.13. The fourth-order valence-electron chi connectivity index (χ4n) is 2.76. The van der Waals surface area contributed by atoms with E-state index in [0.717, 1.165) is 6.42 Å². The highest BCUT2D eigenvalue weighted by atomic mass is 32.2. The molecule has 5 heteroatoms. The first-order valence-corrected chi connectivity index (χ1v) is 11.0. The van der Waals surface area contributed by atoms with Crippen molar-refractivity contribution in [1.82, 2.24) is 10.0 Å². The molecule has 2 rings (SSSR count). The van der Waals surface area contributed by atoms with Crippen LogP contribution in [-0.4, -0.2) is 27.3 Å². The molecule has 0 bridgehead atoms. The summed E-state index contributed by atoms with van der Waals surface area (Å²) in [6, 6.07) is 15.0. The molecule has 2 aromatic rings. The summed E-state index contributed by atoms with van der Waals surface area (Å²) in [5.74, 6) is 5.83. The van der Waals surface area contributed by atoms with Crippen molar-refractivity contribution >= 4 is 20.8 Å². The van der Waals surface area contributed by atoms with Crippen molar-refractivity contribution in [2.75, 3.05) is 18.8 Å². The molecule has 0 saturated heterocycles. The molecule has 0 aliphatic rings. The zero-order valence-electron chi connectivity index (χ0n) is 16.0. The average molecular weight is 385 g/mol. The van der Waals surface area contributed by atoms with E-state index in [9.17, 15) is 8.42 Å². The second-order valence-electron chi connectivity index (χ2n) is 6.42. The smallest absolute Gasteiger partial charge is 0.212 e. The van der Waals surface area contributed by atoms with Crippen LogP contribution in [-0.2, 0) is 10.0 Å². The van der Waals surface area contributed by atoms with Crippen molar-refractivity contribution < 1.29 is 8.42 Å². The van der Waals surface area contributed by atoms with Gasteiger partial charge in [-0.3, -0.25) is 0 Å². The van der Waals surface area contributed by atoms with Crippen LogP contribution in [0.15, 0.2) is 54.6 Å². The maximum absolute atomic E-state index is 11.6. The summed E-state index contributed by atoms with van der Waals surface area (Å²) in [6.07, 6.45) is 5.23. The lowest BCUT2D eigenvalue weighted by molar-refractivity contribution is 0.582. The molecule has 2 aromatic carbocycles. The Kier molecular flexibility index (Phi) is 8.53. The van der Waals surface area contributed by atoms with Gasteiger partial charge >= 0.3 is 0 Å². The first-order chi connectivity index (χ1) is 13.0. The number of rotatable bonds is 9. The van der Waals surface area contributed by atoms with Gasteiger partial charge in [-0.1, -0.05) is 73.7 Å². The maximum Gasteiger partial charge on any atom is 0.212 e. The topological polar surface area (TPSA) is 58.2 Å². The van der Waals surface area contributed by atoms with Crippen molar-refractivity contribution in [3.63, 3.8) is 0 Å². The third kappa shape index (κ3) is 7.18. The maximum atomic E-state index is 11.6. The lowest BCUT2D eigenvalue weighted by atomic mass is 10.00. The highest BCUT2D eigenvalue weighted by Crippen LogP contribution is 2.23. The molecular formula is C22H28N2O2S. The zero-order valence-corrected chi connectivity index (χ0v) is 16.9. The minimum atomic E-state index is -3.19. The lowest BCUT2D eigenvalue weighted by Gasteiger charge is -2.15. The molecule has 0 amide bonds. The van der Waals surface area contributed by atoms with Crippen molar-refractivity contribution in [2.24, 2.45) is 0 Å². The van der Waals surface area contributed by atoms with Gasteiger partial charge in [-0.25, -0.2) is 13.1 Å². The number of hydrogen-bond acceptors (Lipinski definition) is 3. The van der Waals surface area contributed by atoms with Crippen molar-refractivity contribution in [3.8, 4) is 11.8 Å². The van der Waals surface area contributed by atoms with Crippen molar-refractivity contribution in [2.45, 2.75) is 32.7 Å². The number of allylic oxidation sites excluding steroid dienone is 1. The molecular weight excluding hydrogens is 356 g/mol. The molecule has 1 atom stereocenters. The van der Waals surface area contributed by atoms with E-state index in [4.69, 9.17) is 0 Å². The number of sulfonamides is 1. The second-order valence-corrected chi connectivity index (χ2v) is 8.34. The summed E-state index contributed by atoms with van der Waals surface area (Å²) in [7, 11) is -3.19. The zero-order chi connectivity index (χ0) is 19.5. The van der Waals surface area contributed by atoms with Crippen LogP contribution in [0, 0.1) is 11.8 Å². The van der Waals surface area contributed by atoms with E-state index in [1.165, 1.54) is 16.3 Å². The highest BCUT2D eigenvalue weighted by molar-refractivity contribution is 7.89. The van der Waals surface area contributed by atoms with Gasteiger partial charge in [-0.15, -0.1) is 0 Å². The Labute approximate surface area is 163 Å².